The number of nitrogens with two attached hydrogens (primary N) is 1. The first kappa shape index (κ1) is 11.1. The van der Waals surface area contributed by atoms with Crippen molar-refractivity contribution in [2.45, 2.75) is 12.8 Å². The number of benzene rings is 1. The number of nitrogens with one attached hydrogen (secondary N) is 1. The molecule has 0 atom stereocenters. The highest BCUT2D eigenvalue weighted by atomic mass is 19.1. The molecule has 0 spiro atoms. The lowest BCUT2D eigenvalue weighted by Crippen LogP contribution is -1.95. The molecule has 0 radical (unpaired) electrons. The largest absolute Gasteiger partial charge is 0.381 e. The molecule has 0 unspecified atom stereocenters. The van der Waals surface area contributed by atoms with E-state index in [1.165, 1.54) is 12.1 Å². The van der Waals surface area contributed by atoms with Crippen molar-refractivity contribution in [1.29, 1.82) is 5.26 Å². The van der Waals surface area contributed by atoms with Gasteiger partial charge in [0, 0.05) is 0 Å². The van der Waals surface area contributed by atoms with Crippen LogP contribution in [0.5, 0.6) is 0 Å². The number of hydrogen-bond donors (Lipinski definition) is 2. The predicted molar refractivity (Wildman–Crippen MR) is 61.5 cm³/mol. The summed E-state index contributed by atoms with van der Waals surface area (Å²) >= 11 is 0. The third-order valence-electron chi connectivity index (χ3n) is 2.56. The van der Waals surface area contributed by atoms with Gasteiger partial charge in [0.05, 0.1) is 5.69 Å². The summed E-state index contributed by atoms with van der Waals surface area (Å²) in [5, 5.41) is 15.4. The lowest BCUT2D eigenvalue weighted by atomic mass is 10.1. The van der Waals surface area contributed by atoms with Crippen molar-refractivity contribution in [3.63, 3.8) is 0 Å². The van der Waals surface area contributed by atoms with Crippen molar-refractivity contribution in [2.24, 2.45) is 0 Å². The number of anilines is 1. The first-order chi connectivity index (χ1) is 8.20. The second kappa shape index (κ2) is 4.66. The molecule has 5 heteroatoms. The van der Waals surface area contributed by atoms with Crippen molar-refractivity contribution in [2.75, 3.05) is 5.73 Å². The highest BCUT2D eigenvalue weighted by Crippen LogP contribution is 2.14. The highest BCUT2D eigenvalue weighted by Gasteiger charge is 2.09. The Morgan fingerprint density at radius 3 is 2.65 bits per heavy atom. The van der Waals surface area contributed by atoms with E-state index < -0.39 is 0 Å². The topological polar surface area (TPSA) is 78.5 Å². The van der Waals surface area contributed by atoms with Gasteiger partial charge in [0.15, 0.2) is 5.82 Å². The molecule has 0 amide bonds. The Morgan fingerprint density at radius 2 is 2.00 bits per heavy atom. The first-order valence-electron chi connectivity index (χ1n) is 5.18. The molecule has 0 bridgehead atoms. The molecule has 3 N–H and O–H groups in total. The minimum Gasteiger partial charge on any atom is -0.381 e. The van der Waals surface area contributed by atoms with E-state index in [1.54, 1.807) is 12.1 Å². The summed E-state index contributed by atoms with van der Waals surface area (Å²) in [5.41, 5.74) is 7.64. The van der Waals surface area contributed by atoms with Crippen LogP contribution in [0.25, 0.3) is 0 Å². The fraction of sp³-hybridized carbons (Fsp3) is 0.167. The SMILES string of the molecule is N#Cc1c(N)n[nH]c1CCc1ccc(F)cc1. The molecule has 1 aromatic carbocycles. The lowest BCUT2D eigenvalue weighted by molar-refractivity contribution is 0.627. The van der Waals surface area contributed by atoms with Crippen LogP contribution in [0.1, 0.15) is 16.8 Å². The van der Waals surface area contributed by atoms with E-state index in [4.69, 9.17) is 11.0 Å². The number of nitrogen functional groups attached to an aromatic ring is 1. The highest BCUT2D eigenvalue weighted by molar-refractivity contribution is 5.50. The molecule has 0 saturated carbocycles. The Bertz CT molecular complexity index is 551. The molecule has 0 aliphatic rings. The van der Waals surface area contributed by atoms with Crippen LogP contribution in [-0.2, 0) is 12.8 Å². The zero-order chi connectivity index (χ0) is 12.3. The van der Waals surface area contributed by atoms with Crippen molar-refractivity contribution in [3.8, 4) is 6.07 Å². The number of halogens is 1. The van der Waals surface area contributed by atoms with Crippen molar-refractivity contribution >= 4 is 5.82 Å². The molecular weight excluding hydrogens is 219 g/mol. The summed E-state index contributed by atoms with van der Waals surface area (Å²) in [6, 6.07) is 8.29. The molecule has 2 aromatic rings. The van der Waals surface area contributed by atoms with Crippen molar-refractivity contribution < 1.29 is 4.39 Å². The van der Waals surface area contributed by atoms with E-state index in [9.17, 15) is 4.39 Å². The van der Waals surface area contributed by atoms with Gasteiger partial charge in [-0.2, -0.15) is 10.4 Å². The number of nitriles is 1. The summed E-state index contributed by atoms with van der Waals surface area (Å²) < 4.78 is 12.7. The lowest BCUT2D eigenvalue weighted by Gasteiger charge is -2.00. The Hall–Kier alpha value is -2.35. The maximum Gasteiger partial charge on any atom is 0.163 e. The Labute approximate surface area is 97.9 Å². The molecule has 0 fully saturated rings. The Balaban J connectivity index is 2.08. The van der Waals surface area contributed by atoms with Crippen LogP contribution in [0.2, 0.25) is 0 Å². The Kier molecular flexibility index (Phi) is 3.06. The van der Waals surface area contributed by atoms with Crippen LogP contribution < -0.4 is 5.73 Å². The monoisotopic (exact) mass is 230 g/mol. The van der Waals surface area contributed by atoms with Crippen LogP contribution in [-0.4, -0.2) is 10.2 Å². The number of nitrogens with zero attached hydrogens (tertiary/aromatic N) is 2. The fourth-order valence-corrected chi connectivity index (χ4v) is 1.62. The zero-order valence-electron chi connectivity index (χ0n) is 9.07. The second-order valence-electron chi connectivity index (χ2n) is 3.70. The zero-order valence-corrected chi connectivity index (χ0v) is 9.07. The molecular formula is C12H11FN4. The number of H-pyrrole nitrogens is 1. The van der Waals surface area contributed by atoms with E-state index in [1.807, 2.05) is 6.07 Å². The van der Waals surface area contributed by atoms with E-state index >= 15 is 0 Å². The molecule has 86 valence electrons. The third-order valence-corrected chi connectivity index (χ3v) is 2.56. The summed E-state index contributed by atoms with van der Waals surface area (Å²) in [7, 11) is 0. The van der Waals surface area contributed by atoms with Crippen LogP contribution in [0, 0.1) is 17.1 Å². The quantitative estimate of drug-likeness (QED) is 0.843. The maximum atomic E-state index is 12.7. The van der Waals surface area contributed by atoms with Crippen molar-refractivity contribution in [1.82, 2.24) is 10.2 Å². The molecule has 0 aliphatic heterocycles. The minimum atomic E-state index is -0.253. The van der Waals surface area contributed by atoms with Gasteiger partial charge in [0.25, 0.3) is 0 Å². The van der Waals surface area contributed by atoms with E-state index in [-0.39, 0.29) is 11.6 Å². The standard InChI is InChI=1S/C12H11FN4/c13-9-4-1-8(2-5-9)3-6-11-10(7-14)12(15)17-16-11/h1-2,4-5H,3,6H2,(H3,15,16,17). The maximum absolute atomic E-state index is 12.7. The second-order valence-corrected chi connectivity index (χ2v) is 3.70. The van der Waals surface area contributed by atoms with Gasteiger partial charge < -0.3 is 5.73 Å². The first-order valence-corrected chi connectivity index (χ1v) is 5.18. The summed E-state index contributed by atoms with van der Waals surface area (Å²) in [6.45, 7) is 0. The average Bonchev–Trinajstić information content (AvgIpc) is 2.69. The molecule has 0 saturated heterocycles. The van der Waals surface area contributed by atoms with Gasteiger partial charge in [-0.1, -0.05) is 12.1 Å². The van der Waals surface area contributed by atoms with Gasteiger partial charge in [-0.3, -0.25) is 5.10 Å². The number of aromatic nitrogens is 2. The summed E-state index contributed by atoms with van der Waals surface area (Å²) in [6.07, 6.45) is 1.33. The normalized spacial score (nSPS) is 10.1. The number of rotatable bonds is 3. The third kappa shape index (κ3) is 2.42. The number of aryl methyl sites for hydroxylation is 2. The summed E-state index contributed by atoms with van der Waals surface area (Å²) in [5.74, 6) is -0.0288. The fourth-order valence-electron chi connectivity index (χ4n) is 1.62. The van der Waals surface area contributed by atoms with Gasteiger partial charge in [-0.25, -0.2) is 4.39 Å². The Morgan fingerprint density at radius 1 is 1.29 bits per heavy atom. The summed E-state index contributed by atoms with van der Waals surface area (Å²) in [4.78, 5) is 0. The number of hydrogen-bond acceptors (Lipinski definition) is 3. The molecule has 1 aromatic heterocycles. The van der Waals surface area contributed by atoms with Gasteiger partial charge in [-0.05, 0) is 30.5 Å². The van der Waals surface area contributed by atoms with Gasteiger partial charge in [0.1, 0.15) is 17.4 Å². The molecule has 4 nitrogen and oxygen atoms in total. The minimum absolute atomic E-state index is 0.224. The van der Waals surface area contributed by atoms with Gasteiger partial charge in [0.2, 0.25) is 0 Å². The molecule has 0 aliphatic carbocycles. The molecule has 17 heavy (non-hydrogen) atoms. The van der Waals surface area contributed by atoms with Gasteiger partial charge >= 0.3 is 0 Å². The smallest absolute Gasteiger partial charge is 0.163 e. The van der Waals surface area contributed by atoms with Crippen LogP contribution >= 0.6 is 0 Å². The van der Waals surface area contributed by atoms with Gasteiger partial charge in [-0.15, -0.1) is 0 Å². The average molecular weight is 230 g/mol. The molecule has 2 rings (SSSR count). The van der Waals surface area contributed by atoms with Crippen LogP contribution in [0.15, 0.2) is 24.3 Å². The molecule has 1 heterocycles. The van der Waals surface area contributed by atoms with E-state index in [0.717, 1.165) is 5.56 Å². The predicted octanol–water partition coefficient (Wildman–Crippen LogP) is 1.79. The van der Waals surface area contributed by atoms with E-state index in [2.05, 4.69) is 10.2 Å². The van der Waals surface area contributed by atoms with Crippen LogP contribution in [0.3, 0.4) is 0 Å². The van der Waals surface area contributed by atoms with E-state index in [0.29, 0.717) is 24.1 Å². The number of aromatic amines is 1. The van der Waals surface area contributed by atoms with Crippen molar-refractivity contribution in [3.05, 3.63) is 46.9 Å². The van der Waals surface area contributed by atoms with Crippen LogP contribution in [0.4, 0.5) is 10.2 Å².